The van der Waals surface area contributed by atoms with Crippen LogP contribution in [0.5, 0.6) is 23.0 Å². The summed E-state index contributed by atoms with van der Waals surface area (Å²) in [5.74, 6) is -0.184. The molecule has 0 aliphatic heterocycles. The number of halogens is 4. The van der Waals surface area contributed by atoms with Crippen molar-refractivity contribution in [3.8, 4) is 46.7 Å². The van der Waals surface area contributed by atoms with Crippen LogP contribution in [-0.4, -0.2) is 23.9 Å². The van der Waals surface area contributed by atoms with E-state index >= 15 is 0 Å². The minimum atomic E-state index is -1.46. The number of carbonyl (C=O) groups excluding carboxylic acids is 4. The van der Waals surface area contributed by atoms with Gasteiger partial charge in [0.25, 0.3) is 0 Å². The van der Waals surface area contributed by atoms with Crippen LogP contribution in [0.1, 0.15) is 47.2 Å². The lowest BCUT2D eigenvalue weighted by Crippen LogP contribution is -2.11. The Bertz CT molecular complexity index is 2470. The summed E-state index contributed by atoms with van der Waals surface area (Å²) in [5, 5.41) is 0. The number of ether oxygens (including phenoxy) is 4. The Morgan fingerprint density at radius 2 is 0.857 bits per heavy atom. The zero-order valence-corrected chi connectivity index (χ0v) is 29.7. The number of benzene rings is 4. The number of rotatable bonds is 10. The van der Waals surface area contributed by atoms with Crippen LogP contribution in [0.25, 0.3) is 11.1 Å². The molecule has 280 valence electrons. The summed E-state index contributed by atoms with van der Waals surface area (Å²) in [4.78, 5) is 47.5. The van der Waals surface area contributed by atoms with Crippen LogP contribution in [0.4, 0.5) is 17.6 Å². The van der Waals surface area contributed by atoms with Gasteiger partial charge in [0.05, 0.1) is 11.1 Å². The average Bonchev–Trinajstić information content (AvgIpc) is 3.17. The van der Waals surface area contributed by atoms with Gasteiger partial charge in [0, 0.05) is 23.3 Å². The van der Waals surface area contributed by atoms with Crippen LogP contribution < -0.4 is 18.9 Å². The lowest BCUT2D eigenvalue weighted by Gasteiger charge is -2.11. The van der Waals surface area contributed by atoms with E-state index in [-0.39, 0.29) is 34.1 Å². The molecule has 0 atom stereocenters. The van der Waals surface area contributed by atoms with Crippen molar-refractivity contribution >= 4 is 35.0 Å². The molecule has 8 nitrogen and oxygen atoms in total. The van der Waals surface area contributed by atoms with Gasteiger partial charge >= 0.3 is 23.9 Å². The van der Waals surface area contributed by atoms with Crippen LogP contribution in [0.2, 0.25) is 0 Å². The fourth-order valence-electron chi connectivity index (χ4n) is 4.47. The molecule has 56 heavy (non-hydrogen) atoms. The topological polar surface area (TPSA) is 105 Å². The molecule has 0 spiro atoms. The molecule has 12 heteroatoms. The van der Waals surface area contributed by atoms with Gasteiger partial charge in [0.1, 0.15) is 23.0 Å². The minimum absolute atomic E-state index is 0.00831. The van der Waals surface area contributed by atoms with E-state index in [0.717, 1.165) is 28.8 Å². The third-order valence-electron chi connectivity index (χ3n) is 7.48. The molecule has 0 heterocycles. The van der Waals surface area contributed by atoms with Crippen molar-refractivity contribution < 1.29 is 55.7 Å². The summed E-state index contributed by atoms with van der Waals surface area (Å²) < 4.78 is 73.7. The molecule has 0 saturated carbocycles. The van der Waals surface area contributed by atoms with Gasteiger partial charge in [0.2, 0.25) is 23.3 Å². The van der Waals surface area contributed by atoms with E-state index in [1.807, 2.05) is 13.8 Å². The van der Waals surface area contributed by atoms with E-state index in [1.54, 1.807) is 42.5 Å². The van der Waals surface area contributed by atoms with Gasteiger partial charge in [-0.25, -0.2) is 19.2 Å². The molecule has 4 rings (SSSR count). The van der Waals surface area contributed by atoms with E-state index < -0.39 is 47.2 Å². The van der Waals surface area contributed by atoms with E-state index in [9.17, 15) is 36.7 Å². The largest absolute Gasteiger partial charge is 0.421 e. The van der Waals surface area contributed by atoms with Gasteiger partial charge in [0.15, 0.2) is 0 Å². The van der Waals surface area contributed by atoms with Gasteiger partial charge < -0.3 is 18.9 Å². The zero-order chi connectivity index (χ0) is 41.1. The van der Waals surface area contributed by atoms with Crippen LogP contribution in [0.15, 0.2) is 135 Å². The Kier molecular flexibility index (Phi) is 13.5. The second kappa shape index (κ2) is 18.4. The van der Waals surface area contributed by atoms with Gasteiger partial charge in [-0.1, -0.05) is 74.3 Å². The van der Waals surface area contributed by atoms with Crippen LogP contribution >= 0.6 is 0 Å². The van der Waals surface area contributed by atoms with E-state index in [1.165, 1.54) is 30.3 Å². The van der Waals surface area contributed by atoms with Crippen molar-refractivity contribution in [2.75, 3.05) is 0 Å². The predicted octanol–water partition coefficient (Wildman–Crippen LogP) is 8.99. The number of carbonyl (C=O) groups is 4. The van der Waals surface area contributed by atoms with E-state index in [0.29, 0.717) is 16.7 Å². The highest BCUT2D eigenvalue weighted by Gasteiger charge is 2.19. The monoisotopic (exact) mass is 760 g/mol. The number of allylic oxidation sites excluding steroid dienone is 2. The quantitative estimate of drug-likeness (QED) is 0.0394. The van der Waals surface area contributed by atoms with Crippen molar-refractivity contribution in [1.29, 1.82) is 0 Å². The third kappa shape index (κ3) is 11.2. The Balaban J connectivity index is 1.70. The predicted molar refractivity (Wildman–Crippen MR) is 199 cm³/mol. The molecule has 0 aliphatic carbocycles. The first-order valence-electron chi connectivity index (χ1n) is 16.0. The maximum absolute atomic E-state index is 13.7. The first-order valence-corrected chi connectivity index (χ1v) is 16.0. The van der Waals surface area contributed by atoms with E-state index in [2.05, 4.69) is 50.0 Å². The normalized spacial score (nSPS) is 10.5. The van der Waals surface area contributed by atoms with Crippen LogP contribution in [0.3, 0.4) is 0 Å². The second-order valence-electron chi connectivity index (χ2n) is 11.4. The van der Waals surface area contributed by atoms with Gasteiger partial charge in [-0.2, -0.15) is 17.6 Å². The van der Waals surface area contributed by atoms with Crippen molar-refractivity contribution in [3.05, 3.63) is 168 Å². The van der Waals surface area contributed by atoms with Gasteiger partial charge in [-0.15, -0.1) is 0 Å². The lowest BCUT2D eigenvalue weighted by molar-refractivity contribution is -0.132. The smallest absolute Gasteiger partial charge is 0.371 e. The molecule has 4 aromatic rings. The Morgan fingerprint density at radius 3 is 1.30 bits per heavy atom. The Morgan fingerprint density at radius 1 is 0.464 bits per heavy atom. The molecule has 0 amide bonds. The van der Waals surface area contributed by atoms with Crippen molar-refractivity contribution in [2.24, 2.45) is 0 Å². The number of esters is 4. The van der Waals surface area contributed by atoms with Crippen molar-refractivity contribution in [2.45, 2.75) is 13.8 Å². The lowest BCUT2D eigenvalue weighted by atomic mass is 9.96. The number of hydrogen-bond donors (Lipinski definition) is 0. The van der Waals surface area contributed by atoms with Crippen LogP contribution in [0, 0.1) is 23.7 Å². The third-order valence-corrected chi connectivity index (χ3v) is 7.48. The Hall–Kier alpha value is -7.70. The molecule has 0 radical (unpaired) electrons. The fraction of sp³-hybridized carbons (Fsp3) is 0.0455. The summed E-state index contributed by atoms with van der Waals surface area (Å²) in [6.45, 7) is 15.4. The summed E-state index contributed by atoms with van der Waals surface area (Å²) in [6.07, 6.45) is 0. The molecule has 0 bridgehead atoms. The minimum Gasteiger partial charge on any atom is -0.421 e. The molecule has 4 aromatic carbocycles. The molecule has 0 saturated heterocycles. The molecule has 0 aromatic heterocycles. The second-order valence-corrected chi connectivity index (χ2v) is 11.4. The first-order chi connectivity index (χ1) is 26.5. The Labute approximate surface area is 318 Å². The van der Waals surface area contributed by atoms with Gasteiger partial charge in [-0.05, 0) is 84.7 Å². The standard InChI is InChI=1S/C44H28F4O8/c1-25(26(2)34-8-7-9-38(22-34)54-42(50)28(4)46)33-16-10-31(11-17-33)12-18-35-23-40(56-44(52)30(6)48)36(24-39(35)55-43(51)29(5)47)19-13-32-14-20-37(21-15-32)53-41(49)27(3)45/h7-11,14-17,20-24H,3-6H2,1-2H3/b26-25+. The maximum Gasteiger partial charge on any atom is 0.371 e. The number of hydrogen-bond acceptors (Lipinski definition) is 8. The fourth-order valence-corrected chi connectivity index (χ4v) is 4.47. The average molecular weight is 761 g/mol. The molecule has 0 fully saturated rings. The summed E-state index contributed by atoms with van der Waals surface area (Å²) in [5.41, 5.74) is 3.76. The molecule has 0 N–H and O–H groups in total. The van der Waals surface area contributed by atoms with Crippen LogP contribution in [-0.2, 0) is 19.2 Å². The molecule has 0 aliphatic rings. The zero-order valence-electron chi connectivity index (χ0n) is 29.7. The first kappa shape index (κ1) is 41.1. The SMILES string of the molecule is C=C(F)C(=O)Oc1ccc(C#Cc2cc(OC(=O)C(=C)F)c(C#Cc3ccc(/C(C)=C(\C)c4cccc(OC(=O)C(=C)F)c4)cc3)cc2OC(=O)C(=C)F)cc1. The summed E-state index contributed by atoms with van der Waals surface area (Å²) in [7, 11) is 0. The summed E-state index contributed by atoms with van der Waals surface area (Å²) in [6, 6.07) is 21.2. The highest BCUT2D eigenvalue weighted by atomic mass is 19.1. The van der Waals surface area contributed by atoms with E-state index in [4.69, 9.17) is 18.9 Å². The highest BCUT2D eigenvalue weighted by molar-refractivity contribution is 5.91. The molecular weight excluding hydrogens is 732 g/mol. The molecule has 0 unspecified atom stereocenters. The highest BCUT2D eigenvalue weighted by Crippen LogP contribution is 2.31. The molecular formula is C44H28F4O8. The van der Waals surface area contributed by atoms with Crippen molar-refractivity contribution in [1.82, 2.24) is 0 Å². The van der Waals surface area contributed by atoms with Gasteiger partial charge in [-0.3, -0.25) is 0 Å². The van der Waals surface area contributed by atoms with Crippen molar-refractivity contribution in [3.63, 3.8) is 0 Å². The summed E-state index contributed by atoms with van der Waals surface area (Å²) >= 11 is 0. The maximum atomic E-state index is 13.7.